The van der Waals surface area contributed by atoms with Crippen LogP contribution in [0.3, 0.4) is 0 Å². The first-order chi connectivity index (χ1) is 7.33. The molecule has 2 nitrogen and oxygen atoms in total. The van der Waals surface area contributed by atoms with Crippen molar-refractivity contribution in [2.75, 3.05) is 6.61 Å². The monoisotopic (exact) mass is 201 g/mol. The first-order valence-corrected chi connectivity index (χ1v) is 5.05. The van der Waals surface area contributed by atoms with E-state index < -0.39 is 0 Å². The quantitative estimate of drug-likeness (QED) is 0.548. The van der Waals surface area contributed by atoms with Gasteiger partial charge in [-0.25, -0.2) is 0 Å². The predicted molar refractivity (Wildman–Crippen MR) is 62.8 cm³/mol. The summed E-state index contributed by atoms with van der Waals surface area (Å²) in [6.07, 6.45) is 1.77. The van der Waals surface area contributed by atoms with Gasteiger partial charge in [0.25, 0.3) is 0 Å². The van der Waals surface area contributed by atoms with Crippen LogP contribution in [0.25, 0.3) is 10.9 Å². The van der Waals surface area contributed by atoms with Crippen molar-refractivity contribution in [2.24, 2.45) is 7.05 Å². The van der Waals surface area contributed by atoms with Gasteiger partial charge in [-0.15, -0.1) is 6.58 Å². The van der Waals surface area contributed by atoms with Gasteiger partial charge < -0.3 is 9.30 Å². The van der Waals surface area contributed by atoms with Crippen molar-refractivity contribution in [1.82, 2.24) is 4.57 Å². The first kappa shape index (κ1) is 9.99. The van der Waals surface area contributed by atoms with Crippen LogP contribution in [-0.2, 0) is 18.4 Å². The van der Waals surface area contributed by atoms with Crippen molar-refractivity contribution in [3.8, 4) is 0 Å². The van der Waals surface area contributed by atoms with Gasteiger partial charge in [-0.3, -0.25) is 0 Å². The molecule has 0 radical (unpaired) electrons. The lowest BCUT2D eigenvalue weighted by Gasteiger charge is -2.03. The van der Waals surface area contributed by atoms with Crippen molar-refractivity contribution < 1.29 is 4.74 Å². The average Bonchev–Trinajstić information content (AvgIpc) is 2.57. The molecule has 0 saturated carbocycles. The summed E-state index contributed by atoms with van der Waals surface area (Å²) < 4.78 is 7.61. The van der Waals surface area contributed by atoms with Crippen LogP contribution in [-0.4, -0.2) is 11.2 Å². The summed E-state index contributed by atoms with van der Waals surface area (Å²) in [5.74, 6) is 0. The van der Waals surface area contributed by atoms with E-state index in [-0.39, 0.29) is 0 Å². The molecule has 78 valence electrons. The SMILES string of the molecule is C=CCOCc1cc2ccccc2n1C. The number of rotatable bonds is 4. The highest BCUT2D eigenvalue weighted by atomic mass is 16.5. The molecule has 1 aromatic heterocycles. The van der Waals surface area contributed by atoms with Gasteiger partial charge in [0, 0.05) is 18.3 Å². The van der Waals surface area contributed by atoms with Crippen LogP contribution in [0.5, 0.6) is 0 Å². The molecule has 0 aliphatic heterocycles. The molecule has 1 heterocycles. The summed E-state index contributed by atoms with van der Waals surface area (Å²) in [6.45, 7) is 4.86. The molecule has 2 aromatic rings. The lowest BCUT2D eigenvalue weighted by Crippen LogP contribution is -1.99. The van der Waals surface area contributed by atoms with Crippen LogP contribution in [0, 0.1) is 0 Å². The summed E-state index contributed by atoms with van der Waals surface area (Å²) in [4.78, 5) is 0. The standard InChI is InChI=1S/C13H15NO/c1-3-8-15-10-12-9-11-6-4-5-7-13(11)14(12)2/h3-7,9H,1,8,10H2,2H3. The Labute approximate surface area is 89.8 Å². The molecule has 0 aliphatic carbocycles. The maximum atomic E-state index is 5.44. The van der Waals surface area contributed by atoms with Crippen molar-refractivity contribution in [3.63, 3.8) is 0 Å². The van der Waals surface area contributed by atoms with Gasteiger partial charge in [-0.1, -0.05) is 24.3 Å². The number of aromatic nitrogens is 1. The summed E-state index contributed by atoms with van der Waals surface area (Å²) >= 11 is 0. The summed E-state index contributed by atoms with van der Waals surface area (Å²) in [5.41, 5.74) is 2.44. The van der Waals surface area contributed by atoms with E-state index in [1.54, 1.807) is 6.08 Å². The molecule has 15 heavy (non-hydrogen) atoms. The Bertz CT molecular complexity index is 470. The van der Waals surface area contributed by atoms with E-state index >= 15 is 0 Å². The van der Waals surface area contributed by atoms with Crippen LogP contribution >= 0.6 is 0 Å². The topological polar surface area (TPSA) is 14.2 Å². The molecular weight excluding hydrogens is 186 g/mol. The fourth-order valence-electron chi connectivity index (χ4n) is 1.73. The zero-order chi connectivity index (χ0) is 10.7. The van der Waals surface area contributed by atoms with E-state index in [0.717, 1.165) is 0 Å². The van der Waals surface area contributed by atoms with E-state index in [9.17, 15) is 0 Å². The zero-order valence-electron chi connectivity index (χ0n) is 8.94. The van der Waals surface area contributed by atoms with Gasteiger partial charge in [0.15, 0.2) is 0 Å². The number of nitrogens with zero attached hydrogens (tertiary/aromatic N) is 1. The Morgan fingerprint density at radius 1 is 1.40 bits per heavy atom. The molecule has 0 atom stereocenters. The van der Waals surface area contributed by atoms with Gasteiger partial charge in [0.1, 0.15) is 0 Å². The minimum atomic E-state index is 0.599. The number of hydrogen-bond donors (Lipinski definition) is 0. The lowest BCUT2D eigenvalue weighted by molar-refractivity contribution is 0.144. The Kier molecular flexibility index (Phi) is 2.88. The molecule has 1 aromatic carbocycles. The second kappa shape index (κ2) is 4.32. The van der Waals surface area contributed by atoms with E-state index in [0.29, 0.717) is 13.2 Å². The third-order valence-electron chi connectivity index (χ3n) is 2.54. The molecule has 2 heteroatoms. The predicted octanol–water partition coefficient (Wildman–Crippen LogP) is 2.88. The second-order valence-corrected chi connectivity index (χ2v) is 3.56. The van der Waals surface area contributed by atoms with Gasteiger partial charge in [-0.05, 0) is 17.5 Å². The number of hydrogen-bond acceptors (Lipinski definition) is 1. The normalized spacial score (nSPS) is 10.7. The third kappa shape index (κ3) is 1.95. The highest BCUT2D eigenvalue weighted by Gasteiger charge is 2.03. The molecule has 0 spiro atoms. The largest absolute Gasteiger partial charge is 0.371 e. The number of ether oxygens (including phenoxy) is 1. The van der Waals surface area contributed by atoms with E-state index in [4.69, 9.17) is 4.74 Å². The maximum absolute atomic E-state index is 5.44. The van der Waals surface area contributed by atoms with Gasteiger partial charge in [-0.2, -0.15) is 0 Å². The number of fused-ring (bicyclic) bond motifs is 1. The minimum absolute atomic E-state index is 0.599. The Hall–Kier alpha value is -1.54. The summed E-state index contributed by atoms with van der Waals surface area (Å²) in [5, 5.41) is 1.26. The third-order valence-corrected chi connectivity index (χ3v) is 2.54. The van der Waals surface area contributed by atoms with Crippen LogP contribution in [0.4, 0.5) is 0 Å². The molecule has 0 aliphatic rings. The average molecular weight is 201 g/mol. The molecular formula is C13H15NO. The minimum Gasteiger partial charge on any atom is -0.371 e. The fourth-order valence-corrected chi connectivity index (χ4v) is 1.73. The second-order valence-electron chi connectivity index (χ2n) is 3.56. The molecule has 0 saturated heterocycles. The fraction of sp³-hybridized carbons (Fsp3) is 0.231. The molecule has 2 rings (SSSR count). The molecule has 0 fully saturated rings. The summed E-state index contributed by atoms with van der Waals surface area (Å²) in [6, 6.07) is 10.5. The Morgan fingerprint density at radius 3 is 2.93 bits per heavy atom. The van der Waals surface area contributed by atoms with Crippen molar-refractivity contribution >= 4 is 10.9 Å². The van der Waals surface area contributed by atoms with E-state index in [1.807, 2.05) is 0 Å². The van der Waals surface area contributed by atoms with Crippen LogP contribution < -0.4 is 0 Å². The highest BCUT2D eigenvalue weighted by molar-refractivity contribution is 5.81. The number of benzene rings is 1. The van der Waals surface area contributed by atoms with Crippen molar-refractivity contribution in [1.29, 1.82) is 0 Å². The van der Waals surface area contributed by atoms with Crippen LogP contribution in [0.1, 0.15) is 5.69 Å². The highest BCUT2D eigenvalue weighted by Crippen LogP contribution is 2.18. The first-order valence-electron chi connectivity index (χ1n) is 5.05. The number of aryl methyl sites for hydroxylation is 1. The lowest BCUT2D eigenvalue weighted by atomic mass is 10.2. The zero-order valence-corrected chi connectivity index (χ0v) is 8.94. The van der Waals surface area contributed by atoms with Crippen molar-refractivity contribution in [2.45, 2.75) is 6.61 Å². The Balaban J connectivity index is 2.27. The van der Waals surface area contributed by atoms with Gasteiger partial charge >= 0.3 is 0 Å². The van der Waals surface area contributed by atoms with Gasteiger partial charge in [0.05, 0.1) is 13.2 Å². The Morgan fingerprint density at radius 2 is 2.20 bits per heavy atom. The van der Waals surface area contributed by atoms with Crippen LogP contribution in [0.15, 0.2) is 43.0 Å². The molecule has 0 N–H and O–H groups in total. The number of para-hydroxylation sites is 1. The van der Waals surface area contributed by atoms with Gasteiger partial charge in [0.2, 0.25) is 0 Å². The summed E-state index contributed by atoms with van der Waals surface area (Å²) in [7, 11) is 2.06. The van der Waals surface area contributed by atoms with Crippen molar-refractivity contribution in [3.05, 3.63) is 48.7 Å². The van der Waals surface area contributed by atoms with E-state index in [2.05, 4.69) is 48.5 Å². The molecule has 0 bridgehead atoms. The smallest absolute Gasteiger partial charge is 0.0872 e. The molecule has 0 unspecified atom stereocenters. The van der Waals surface area contributed by atoms with E-state index in [1.165, 1.54) is 16.6 Å². The van der Waals surface area contributed by atoms with Crippen LogP contribution in [0.2, 0.25) is 0 Å². The maximum Gasteiger partial charge on any atom is 0.0872 e. The molecule has 0 amide bonds.